The van der Waals surface area contributed by atoms with E-state index in [4.69, 9.17) is 10.5 Å². The van der Waals surface area contributed by atoms with Gasteiger partial charge in [0.25, 0.3) is 0 Å². The molecule has 1 aromatic heterocycles. The van der Waals surface area contributed by atoms with E-state index in [2.05, 4.69) is 11.4 Å². The minimum Gasteiger partial charge on any atom is -0.399 e. The fourth-order valence-electron chi connectivity index (χ4n) is 2.83. The predicted octanol–water partition coefficient (Wildman–Crippen LogP) is 2.45. The quantitative estimate of drug-likeness (QED) is 0.886. The Bertz CT molecular complexity index is 636. The Kier molecular flexibility index (Phi) is 3.94. The minimum absolute atomic E-state index is 0.0242. The zero-order valence-corrected chi connectivity index (χ0v) is 12.7. The normalized spacial score (nSPS) is 17.6. The van der Waals surface area contributed by atoms with E-state index in [-0.39, 0.29) is 18.6 Å². The highest BCUT2D eigenvalue weighted by molar-refractivity contribution is 7.10. The molecule has 0 radical (unpaired) electrons. The molecule has 2 N–H and O–H groups in total. The van der Waals surface area contributed by atoms with Gasteiger partial charge >= 0.3 is 0 Å². The van der Waals surface area contributed by atoms with E-state index < -0.39 is 0 Å². The first-order valence-corrected chi connectivity index (χ1v) is 7.79. The van der Waals surface area contributed by atoms with Gasteiger partial charge in [0.15, 0.2) is 0 Å². The van der Waals surface area contributed by atoms with Crippen LogP contribution in [0.3, 0.4) is 0 Å². The maximum atomic E-state index is 12.4. The fourth-order valence-corrected chi connectivity index (χ4v) is 3.73. The van der Waals surface area contributed by atoms with Gasteiger partial charge in [-0.25, -0.2) is 0 Å². The van der Waals surface area contributed by atoms with Crippen molar-refractivity contribution in [3.05, 3.63) is 51.7 Å². The van der Waals surface area contributed by atoms with Gasteiger partial charge in [-0.2, -0.15) is 0 Å². The Morgan fingerprint density at radius 2 is 2.14 bits per heavy atom. The molecular formula is C16H18N2O2S. The van der Waals surface area contributed by atoms with Gasteiger partial charge in [-0.05, 0) is 41.1 Å². The molecule has 5 heteroatoms. The van der Waals surface area contributed by atoms with Crippen molar-refractivity contribution in [2.45, 2.75) is 12.5 Å². The molecule has 2 aromatic rings. The van der Waals surface area contributed by atoms with E-state index in [9.17, 15) is 4.79 Å². The number of amides is 1. The van der Waals surface area contributed by atoms with Gasteiger partial charge in [0.1, 0.15) is 6.61 Å². The SMILES string of the molecule is COCC(=O)N1CCc2sccc2[C@@H]1c1ccc(N)cc1. The second-order valence-corrected chi connectivity index (χ2v) is 6.14. The van der Waals surface area contributed by atoms with Crippen LogP contribution in [0, 0.1) is 0 Å². The number of carbonyl (C=O) groups excluding carboxylic acids is 1. The molecule has 3 rings (SSSR count). The van der Waals surface area contributed by atoms with Crippen LogP contribution in [0.25, 0.3) is 0 Å². The van der Waals surface area contributed by atoms with Crippen molar-refractivity contribution in [3.63, 3.8) is 0 Å². The molecule has 21 heavy (non-hydrogen) atoms. The summed E-state index contributed by atoms with van der Waals surface area (Å²) < 4.78 is 5.02. The third-order valence-corrected chi connectivity index (χ3v) is 4.80. The number of methoxy groups -OCH3 is 1. The average molecular weight is 302 g/mol. The Labute approximate surface area is 128 Å². The van der Waals surface area contributed by atoms with Crippen molar-refractivity contribution in [2.24, 2.45) is 0 Å². The molecule has 2 heterocycles. The second kappa shape index (κ2) is 5.87. The van der Waals surface area contributed by atoms with E-state index in [1.165, 1.54) is 10.4 Å². The summed E-state index contributed by atoms with van der Waals surface area (Å²) in [6.07, 6.45) is 0.911. The Balaban J connectivity index is 2.01. The number of hydrogen-bond donors (Lipinski definition) is 1. The highest BCUT2D eigenvalue weighted by Gasteiger charge is 2.32. The van der Waals surface area contributed by atoms with Crippen LogP contribution < -0.4 is 5.73 Å². The van der Waals surface area contributed by atoms with Crippen LogP contribution in [0.15, 0.2) is 35.7 Å². The van der Waals surface area contributed by atoms with Crippen molar-refractivity contribution in [1.82, 2.24) is 4.90 Å². The second-order valence-electron chi connectivity index (χ2n) is 5.14. The first-order valence-electron chi connectivity index (χ1n) is 6.91. The summed E-state index contributed by atoms with van der Waals surface area (Å²) in [6, 6.07) is 9.85. The topological polar surface area (TPSA) is 55.6 Å². The number of nitrogens with two attached hydrogens (primary N) is 1. The molecule has 0 unspecified atom stereocenters. The number of anilines is 1. The van der Waals surface area contributed by atoms with E-state index >= 15 is 0 Å². The van der Waals surface area contributed by atoms with Gasteiger partial charge in [0.05, 0.1) is 6.04 Å². The lowest BCUT2D eigenvalue weighted by Crippen LogP contribution is -2.41. The van der Waals surface area contributed by atoms with Crippen molar-refractivity contribution in [2.75, 3.05) is 26.0 Å². The van der Waals surface area contributed by atoms with Gasteiger partial charge in [-0.15, -0.1) is 11.3 Å². The molecule has 0 saturated carbocycles. The summed E-state index contributed by atoms with van der Waals surface area (Å²) in [5.74, 6) is 0.0242. The monoisotopic (exact) mass is 302 g/mol. The highest BCUT2D eigenvalue weighted by Crippen LogP contribution is 2.37. The summed E-state index contributed by atoms with van der Waals surface area (Å²) >= 11 is 1.76. The molecule has 4 nitrogen and oxygen atoms in total. The number of carbonyl (C=O) groups is 1. The highest BCUT2D eigenvalue weighted by atomic mass is 32.1. The van der Waals surface area contributed by atoms with Crippen LogP contribution in [-0.4, -0.2) is 31.1 Å². The molecule has 0 fully saturated rings. The molecule has 110 valence electrons. The summed E-state index contributed by atoms with van der Waals surface area (Å²) in [5.41, 5.74) is 8.82. The zero-order valence-electron chi connectivity index (χ0n) is 11.9. The molecule has 1 amide bonds. The molecule has 0 bridgehead atoms. The summed E-state index contributed by atoms with van der Waals surface area (Å²) in [4.78, 5) is 15.6. The first kappa shape index (κ1) is 14.1. The van der Waals surface area contributed by atoms with Gasteiger partial charge in [-0.1, -0.05) is 12.1 Å². The molecule has 1 aliphatic rings. The maximum absolute atomic E-state index is 12.4. The minimum atomic E-state index is -0.0387. The number of rotatable bonds is 3. The number of benzene rings is 1. The maximum Gasteiger partial charge on any atom is 0.249 e. The molecule has 1 aliphatic heterocycles. The van der Waals surface area contributed by atoms with Gasteiger partial charge in [0, 0.05) is 24.2 Å². The molecule has 0 saturated heterocycles. The van der Waals surface area contributed by atoms with Crippen LogP contribution in [0.2, 0.25) is 0 Å². The predicted molar refractivity (Wildman–Crippen MR) is 84.3 cm³/mol. The van der Waals surface area contributed by atoms with Gasteiger partial charge < -0.3 is 15.4 Å². The molecular weight excluding hydrogens is 284 g/mol. The molecule has 1 atom stereocenters. The molecule has 1 aromatic carbocycles. The fraction of sp³-hybridized carbons (Fsp3) is 0.312. The van der Waals surface area contributed by atoms with Crippen molar-refractivity contribution < 1.29 is 9.53 Å². The summed E-state index contributed by atoms with van der Waals surface area (Å²) in [5, 5.41) is 2.10. The zero-order chi connectivity index (χ0) is 14.8. The van der Waals surface area contributed by atoms with E-state index in [0.717, 1.165) is 24.2 Å². The lowest BCUT2D eigenvalue weighted by molar-refractivity contribution is -0.137. The lowest BCUT2D eigenvalue weighted by atomic mass is 9.93. The molecule has 0 spiro atoms. The van der Waals surface area contributed by atoms with Crippen LogP contribution in [0.5, 0.6) is 0 Å². The van der Waals surface area contributed by atoms with Crippen LogP contribution in [-0.2, 0) is 16.0 Å². The van der Waals surface area contributed by atoms with E-state index in [0.29, 0.717) is 0 Å². The largest absolute Gasteiger partial charge is 0.399 e. The van der Waals surface area contributed by atoms with Crippen LogP contribution in [0.1, 0.15) is 22.0 Å². The summed E-state index contributed by atoms with van der Waals surface area (Å²) in [7, 11) is 1.55. The van der Waals surface area contributed by atoms with Crippen LogP contribution >= 0.6 is 11.3 Å². The van der Waals surface area contributed by atoms with E-state index in [1.807, 2.05) is 29.2 Å². The Hall–Kier alpha value is -1.85. The summed E-state index contributed by atoms with van der Waals surface area (Å²) in [6.45, 7) is 0.843. The standard InChI is InChI=1S/C16H18N2O2S/c1-20-10-15(19)18-8-6-14-13(7-9-21-14)16(18)11-2-4-12(17)5-3-11/h2-5,7,9,16H,6,8,10,17H2,1H3/t16-/m0/s1. The van der Waals surface area contributed by atoms with E-state index in [1.54, 1.807) is 18.4 Å². The van der Waals surface area contributed by atoms with Crippen LogP contribution in [0.4, 0.5) is 5.69 Å². The van der Waals surface area contributed by atoms with Crippen molar-refractivity contribution in [1.29, 1.82) is 0 Å². The smallest absolute Gasteiger partial charge is 0.249 e. The average Bonchev–Trinajstić information content (AvgIpc) is 2.96. The Morgan fingerprint density at radius 3 is 2.86 bits per heavy atom. The molecule has 0 aliphatic carbocycles. The number of nitrogens with zero attached hydrogens (tertiary/aromatic N) is 1. The number of fused-ring (bicyclic) bond motifs is 1. The number of ether oxygens (including phenoxy) is 1. The third kappa shape index (κ3) is 2.66. The van der Waals surface area contributed by atoms with Gasteiger partial charge in [0.2, 0.25) is 5.91 Å². The number of hydrogen-bond acceptors (Lipinski definition) is 4. The number of nitrogen functional groups attached to an aromatic ring is 1. The third-order valence-electron chi connectivity index (χ3n) is 3.81. The van der Waals surface area contributed by atoms with Crippen molar-refractivity contribution >= 4 is 22.9 Å². The van der Waals surface area contributed by atoms with Gasteiger partial charge in [-0.3, -0.25) is 4.79 Å². The first-order chi connectivity index (χ1) is 10.2. The Morgan fingerprint density at radius 1 is 1.38 bits per heavy atom. The lowest BCUT2D eigenvalue weighted by Gasteiger charge is -2.36. The number of thiophene rings is 1. The van der Waals surface area contributed by atoms with Crippen molar-refractivity contribution in [3.8, 4) is 0 Å².